The summed E-state index contributed by atoms with van der Waals surface area (Å²) in [4.78, 5) is 7.91. The Balaban J connectivity index is 1.34. The molecule has 136 valence electrons. The highest BCUT2D eigenvalue weighted by molar-refractivity contribution is 6.06. The van der Waals surface area contributed by atoms with Crippen molar-refractivity contribution in [3.63, 3.8) is 0 Å². The molecule has 0 radical (unpaired) electrons. The maximum atomic E-state index is 5.96. The van der Waals surface area contributed by atoms with Gasteiger partial charge in [-0.1, -0.05) is 42.5 Å². The zero-order valence-corrected chi connectivity index (χ0v) is 15.1. The molecule has 5 aromatic rings. The summed E-state index contributed by atoms with van der Waals surface area (Å²) < 4.78 is 11.8. The lowest BCUT2D eigenvalue weighted by Gasteiger charge is -2.09. The minimum absolute atomic E-state index is 0.393. The van der Waals surface area contributed by atoms with E-state index in [-0.39, 0.29) is 0 Å². The van der Waals surface area contributed by atoms with Gasteiger partial charge in [-0.2, -0.15) is 0 Å². The molecular weight excluding hydrogens is 348 g/mol. The Morgan fingerprint density at radius 1 is 0.679 bits per heavy atom. The lowest BCUT2D eigenvalue weighted by molar-refractivity contribution is 0.300. The van der Waals surface area contributed by atoms with Crippen molar-refractivity contribution in [2.75, 3.05) is 0 Å². The van der Waals surface area contributed by atoms with Gasteiger partial charge in [0.15, 0.2) is 0 Å². The average molecular weight is 366 g/mol. The Hall–Kier alpha value is -3.79. The number of para-hydroxylation sites is 2. The molecule has 4 nitrogen and oxygen atoms in total. The fourth-order valence-corrected chi connectivity index (χ4v) is 3.28. The number of pyridine rings is 1. The number of benzene rings is 3. The molecular formula is C24H18N2O2. The van der Waals surface area contributed by atoms with Crippen LogP contribution in [0.4, 0.5) is 0 Å². The van der Waals surface area contributed by atoms with Crippen molar-refractivity contribution in [3.8, 4) is 17.2 Å². The van der Waals surface area contributed by atoms with Gasteiger partial charge in [-0.05, 0) is 36.4 Å². The number of H-pyrrole nitrogens is 1. The third-order valence-electron chi connectivity index (χ3n) is 4.62. The van der Waals surface area contributed by atoms with Crippen LogP contribution in [0.25, 0.3) is 21.8 Å². The summed E-state index contributed by atoms with van der Waals surface area (Å²) in [7, 11) is 0. The molecule has 4 heteroatoms. The molecule has 3 aromatic carbocycles. The number of fused-ring (bicyclic) bond motifs is 3. The first-order chi connectivity index (χ1) is 13.8. The number of ether oxygens (including phenoxy) is 2. The van der Waals surface area contributed by atoms with Gasteiger partial charge < -0.3 is 14.5 Å². The van der Waals surface area contributed by atoms with Gasteiger partial charge in [0.05, 0.1) is 17.4 Å². The van der Waals surface area contributed by atoms with Gasteiger partial charge in [0.25, 0.3) is 0 Å². The lowest BCUT2D eigenvalue weighted by atomic mass is 10.2. The van der Waals surface area contributed by atoms with Crippen LogP contribution in [0.5, 0.6) is 17.2 Å². The number of nitrogens with zero attached hydrogens (tertiary/aromatic N) is 1. The topological polar surface area (TPSA) is 47.1 Å². The predicted octanol–water partition coefficient (Wildman–Crippen LogP) is 6.09. The van der Waals surface area contributed by atoms with Crippen LogP contribution in [-0.4, -0.2) is 9.97 Å². The summed E-state index contributed by atoms with van der Waals surface area (Å²) in [5.41, 5.74) is 3.03. The molecule has 0 amide bonds. The Morgan fingerprint density at radius 3 is 2.39 bits per heavy atom. The van der Waals surface area contributed by atoms with Gasteiger partial charge in [-0.15, -0.1) is 0 Å². The molecule has 0 spiro atoms. The van der Waals surface area contributed by atoms with E-state index in [1.807, 2.05) is 72.9 Å². The van der Waals surface area contributed by atoms with Crippen molar-refractivity contribution in [3.05, 3.63) is 96.8 Å². The molecule has 0 saturated heterocycles. The number of hydrogen-bond donors (Lipinski definition) is 1. The fourth-order valence-electron chi connectivity index (χ4n) is 3.28. The van der Waals surface area contributed by atoms with Gasteiger partial charge >= 0.3 is 0 Å². The third kappa shape index (κ3) is 3.28. The van der Waals surface area contributed by atoms with E-state index in [9.17, 15) is 0 Å². The van der Waals surface area contributed by atoms with E-state index in [4.69, 9.17) is 9.47 Å². The van der Waals surface area contributed by atoms with E-state index >= 15 is 0 Å². The van der Waals surface area contributed by atoms with Crippen LogP contribution >= 0.6 is 0 Å². The second kappa shape index (κ2) is 7.08. The highest BCUT2D eigenvalue weighted by Gasteiger charge is 2.06. The van der Waals surface area contributed by atoms with E-state index < -0.39 is 0 Å². The monoisotopic (exact) mass is 366 g/mol. The van der Waals surface area contributed by atoms with Crippen LogP contribution in [-0.2, 0) is 6.61 Å². The van der Waals surface area contributed by atoms with Gasteiger partial charge in [0.1, 0.15) is 23.9 Å². The zero-order valence-electron chi connectivity index (χ0n) is 15.1. The fraction of sp³-hybridized carbons (Fsp3) is 0.0417. The number of rotatable bonds is 5. The number of aromatic nitrogens is 2. The standard InChI is InChI=1S/C24H18N2O2/c1-2-7-18(8-3-1)28-20-10-6-9-19(14-20)27-16-17-13-22-21-11-4-5-12-23(21)26-24(22)15-25-17/h1-15,26H,16H2. The number of nitrogens with one attached hydrogen (secondary N) is 1. The summed E-state index contributed by atoms with van der Waals surface area (Å²) in [6.45, 7) is 0.393. The predicted molar refractivity (Wildman–Crippen MR) is 111 cm³/mol. The molecule has 5 rings (SSSR count). The summed E-state index contributed by atoms with van der Waals surface area (Å²) in [5, 5.41) is 2.35. The van der Waals surface area contributed by atoms with Crippen molar-refractivity contribution in [2.24, 2.45) is 0 Å². The summed E-state index contributed by atoms with van der Waals surface area (Å²) >= 11 is 0. The van der Waals surface area contributed by atoms with Gasteiger partial charge in [0, 0.05) is 22.4 Å². The maximum absolute atomic E-state index is 5.96. The molecule has 2 aromatic heterocycles. The molecule has 1 N–H and O–H groups in total. The Labute approximate surface area is 162 Å². The summed E-state index contributed by atoms with van der Waals surface area (Å²) in [6, 6.07) is 27.7. The van der Waals surface area contributed by atoms with Crippen LogP contribution in [0, 0.1) is 0 Å². The van der Waals surface area contributed by atoms with Gasteiger partial charge in [-0.3, -0.25) is 4.98 Å². The quantitative estimate of drug-likeness (QED) is 0.409. The Morgan fingerprint density at radius 2 is 1.46 bits per heavy atom. The van der Waals surface area contributed by atoms with Crippen LogP contribution in [0.15, 0.2) is 91.1 Å². The van der Waals surface area contributed by atoms with Crippen molar-refractivity contribution < 1.29 is 9.47 Å². The maximum Gasteiger partial charge on any atom is 0.131 e. The highest BCUT2D eigenvalue weighted by atomic mass is 16.5. The van der Waals surface area contributed by atoms with E-state index in [0.717, 1.165) is 39.4 Å². The first-order valence-corrected chi connectivity index (χ1v) is 9.16. The van der Waals surface area contributed by atoms with Gasteiger partial charge in [-0.25, -0.2) is 0 Å². The average Bonchev–Trinajstić information content (AvgIpc) is 3.11. The summed E-state index contributed by atoms with van der Waals surface area (Å²) in [5.74, 6) is 2.28. The lowest BCUT2D eigenvalue weighted by Crippen LogP contribution is -1.98. The molecule has 2 heterocycles. The van der Waals surface area contributed by atoms with E-state index in [1.54, 1.807) is 0 Å². The molecule has 28 heavy (non-hydrogen) atoms. The van der Waals surface area contributed by atoms with E-state index in [2.05, 4.69) is 28.2 Å². The molecule has 0 saturated carbocycles. The highest BCUT2D eigenvalue weighted by Crippen LogP contribution is 2.27. The molecule has 0 aliphatic rings. The number of hydrogen-bond acceptors (Lipinski definition) is 3. The molecule has 0 unspecified atom stereocenters. The molecule has 0 atom stereocenters. The van der Waals surface area contributed by atoms with Gasteiger partial charge in [0.2, 0.25) is 0 Å². The van der Waals surface area contributed by atoms with E-state index in [1.165, 1.54) is 5.39 Å². The van der Waals surface area contributed by atoms with Crippen LogP contribution in [0.1, 0.15) is 5.69 Å². The Kier molecular flexibility index (Phi) is 4.14. The van der Waals surface area contributed by atoms with Crippen molar-refractivity contribution in [1.29, 1.82) is 0 Å². The molecule has 0 aliphatic heterocycles. The first-order valence-electron chi connectivity index (χ1n) is 9.16. The van der Waals surface area contributed by atoms with E-state index in [0.29, 0.717) is 6.61 Å². The molecule has 0 fully saturated rings. The molecule has 0 bridgehead atoms. The second-order valence-corrected chi connectivity index (χ2v) is 6.57. The largest absolute Gasteiger partial charge is 0.487 e. The normalized spacial score (nSPS) is 11.0. The third-order valence-corrected chi connectivity index (χ3v) is 4.62. The van der Waals surface area contributed by atoms with Crippen LogP contribution in [0.3, 0.4) is 0 Å². The van der Waals surface area contributed by atoms with Crippen LogP contribution < -0.4 is 9.47 Å². The van der Waals surface area contributed by atoms with Crippen molar-refractivity contribution >= 4 is 21.8 Å². The smallest absolute Gasteiger partial charge is 0.131 e. The Bertz CT molecular complexity index is 1250. The van der Waals surface area contributed by atoms with Crippen molar-refractivity contribution in [2.45, 2.75) is 6.61 Å². The summed E-state index contributed by atoms with van der Waals surface area (Å²) in [6.07, 6.45) is 1.86. The minimum atomic E-state index is 0.393. The number of aromatic amines is 1. The first kappa shape index (κ1) is 16.4. The van der Waals surface area contributed by atoms with Crippen LogP contribution in [0.2, 0.25) is 0 Å². The van der Waals surface area contributed by atoms with Crippen molar-refractivity contribution in [1.82, 2.24) is 9.97 Å². The zero-order chi connectivity index (χ0) is 18.8. The minimum Gasteiger partial charge on any atom is -0.487 e. The molecule has 0 aliphatic carbocycles. The SMILES string of the molecule is c1ccc(Oc2cccc(OCc3cc4c(cn3)[nH]c3ccccc34)c2)cc1. The second-order valence-electron chi connectivity index (χ2n) is 6.57.